The van der Waals surface area contributed by atoms with E-state index in [0.717, 1.165) is 11.1 Å². The molecular formula is C24H30N4O5S. The van der Waals surface area contributed by atoms with E-state index in [-0.39, 0.29) is 37.7 Å². The molecule has 1 aliphatic heterocycles. The van der Waals surface area contributed by atoms with E-state index in [1.165, 1.54) is 16.1 Å². The van der Waals surface area contributed by atoms with Gasteiger partial charge >= 0.3 is 0 Å². The lowest BCUT2D eigenvalue weighted by molar-refractivity contribution is -0.138. The number of nitrogens with zero attached hydrogens (tertiary/aromatic N) is 2. The van der Waals surface area contributed by atoms with Gasteiger partial charge in [-0.1, -0.05) is 24.3 Å². The summed E-state index contributed by atoms with van der Waals surface area (Å²) in [6.07, 6.45) is 0.261. The number of carbonyl (C=O) groups excluding carboxylic acids is 3. The molecule has 34 heavy (non-hydrogen) atoms. The molecule has 3 rings (SSSR count). The standard InChI is InChI=1S/C24H30N4O5S/c1-4-27(16-23(30)26-21-12-10-20(11-13-21)25-17(3)29)24(31)22-14-18-8-6-7-9-19(18)15-28(22)34(32,33)5-2/h6-13,22H,4-5,14-16H2,1-3H3,(H,25,29)(H,26,30)/t22-/m1/s1. The smallest absolute Gasteiger partial charge is 0.243 e. The zero-order valence-electron chi connectivity index (χ0n) is 19.6. The zero-order valence-corrected chi connectivity index (χ0v) is 20.4. The molecule has 10 heteroatoms. The molecule has 1 atom stereocenters. The van der Waals surface area contributed by atoms with Gasteiger partial charge in [0.25, 0.3) is 0 Å². The summed E-state index contributed by atoms with van der Waals surface area (Å²) in [4.78, 5) is 38.6. The van der Waals surface area contributed by atoms with Gasteiger partial charge in [0.15, 0.2) is 0 Å². The predicted octanol–water partition coefficient (Wildman–Crippen LogP) is 2.21. The maximum atomic E-state index is 13.4. The minimum atomic E-state index is -3.63. The maximum Gasteiger partial charge on any atom is 0.243 e. The largest absolute Gasteiger partial charge is 0.332 e. The molecule has 0 aliphatic carbocycles. The van der Waals surface area contributed by atoms with Crippen molar-refractivity contribution in [2.75, 3.05) is 29.5 Å². The van der Waals surface area contributed by atoms with Crippen LogP contribution in [0, 0.1) is 0 Å². The fourth-order valence-electron chi connectivity index (χ4n) is 3.94. The third kappa shape index (κ3) is 6.00. The van der Waals surface area contributed by atoms with Gasteiger partial charge in [-0.15, -0.1) is 0 Å². The van der Waals surface area contributed by atoms with E-state index < -0.39 is 27.9 Å². The van der Waals surface area contributed by atoms with Crippen LogP contribution in [0.5, 0.6) is 0 Å². The minimum Gasteiger partial charge on any atom is -0.332 e. The Bertz CT molecular complexity index is 1160. The first-order valence-electron chi connectivity index (χ1n) is 11.2. The molecule has 0 fully saturated rings. The molecule has 0 saturated carbocycles. The van der Waals surface area contributed by atoms with E-state index in [1.807, 2.05) is 24.3 Å². The van der Waals surface area contributed by atoms with E-state index in [4.69, 9.17) is 0 Å². The molecule has 0 saturated heterocycles. The van der Waals surface area contributed by atoms with Gasteiger partial charge in [-0.25, -0.2) is 8.42 Å². The SMILES string of the molecule is CCN(CC(=O)Nc1ccc(NC(C)=O)cc1)C(=O)[C@H]1Cc2ccccc2CN1S(=O)(=O)CC. The van der Waals surface area contributed by atoms with Crippen molar-refractivity contribution < 1.29 is 22.8 Å². The van der Waals surface area contributed by atoms with Crippen LogP contribution in [-0.2, 0) is 37.4 Å². The first-order chi connectivity index (χ1) is 16.1. The quantitative estimate of drug-likeness (QED) is 0.594. The highest BCUT2D eigenvalue weighted by atomic mass is 32.2. The van der Waals surface area contributed by atoms with Crippen molar-refractivity contribution in [2.24, 2.45) is 0 Å². The molecule has 1 aliphatic rings. The van der Waals surface area contributed by atoms with E-state index in [0.29, 0.717) is 11.4 Å². The zero-order chi connectivity index (χ0) is 24.9. The Morgan fingerprint density at radius 1 is 0.971 bits per heavy atom. The number of anilines is 2. The average molecular weight is 487 g/mol. The number of rotatable bonds is 8. The van der Waals surface area contributed by atoms with Gasteiger partial charge < -0.3 is 15.5 Å². The molecule has 3 amide bonds. The molecular weight excluding hydrogens is 456 g/mol. The molecule has 1 heterocycles. The Hall–Kier alpha value is -3.24. The van der Waals surface area contributed by atoms with E-state index >= 15 is 0 Å². The first kappa shape index (κ1) is 25.4. The first-order valence-corrected chi connectivity index (χ1v) is 12.8. The number of amides is 3. The molecule has 182 valence electrons. The van der Waals surface area contributed by atoms with Gasteiger partial charge in [-0.3, -0.25) is 14.4 Å². The Morgan fingerprint density at radius 2 is 1.56 bits per heavy atom. The van der Waals surface area contributed by atoms with E-state index in [2.05, 4.69) is 10.6 Å². The van der Waals surface area contributed by atoms with Crippen LogP contribution in [0.3, 0.4) is 0 Å². The third-order valence-electron chi connectivity index (χ3n) is 5.73. The third-order valence-corrected chi connectivity index (χ3v) is 7.56. The van der Waals surface area contributed by atoms with Crippen LogP contribution in [0.15, 0.2) is 48.5 Å². The topological polar surface area (TPSA) is 116 Å². The Morgan fingerprint density at radius 3 is 2.12 bits per heavy atom. The number of hydrogen-bond donors (Lipinski definition) is 2. The lowest BCUT2D eigenvalue weighted by Crippen LogP contribution is -2.54. The summed E-state index contributed by atoms with van der Waals surface area (Å²) in [5, 5.41) is 5.38. The number of fused-ring (bicyclic) bond motifs is 1. The molecule has 2 N–H and O–H groups in total. The van der Waals surface area contributed by atoms with Crippen LogP contribution in [0.2, 0.25) is 0 Å². The van der Waals surface area contributed by atoms with Crippen molar-refractivity contribution in [2.45, 2.75) is 39.8 Å². The minimum absolute atomic E-state index is 0.111. The summed E-state index contributed by atoms with van der Waals surface area (Å²) >= 11 is 0. The van der Waals surface area contributed by atoms with Gasteiger partial charge in [0, 0.05) is 31.4 Å². The van der Waals surface area contributed by atoms with E-state index in [1.54, 1.807) is 38.1 Å². The fraction of sp³-hybridized carbons (Fsp3) is 0.375. The summed E-state index contributed by atoms with van der Waals surface area (Å²) in [7, 11) is -3.63. The summed E-state index contributed by atoms with van der Waals surface area (Å²) < 4.78 is 26.9. The normalized spacial score (nSPS) is 15.8. The predicted molar refractivity (Wildman–Crippen MR) is 131 cm³/mol. The molecule has 2 aromatic carbocycles. The molecule has 0 spiro atoms. The second kappa shape index (κ2) is 10.8. The highest BCUT2D eigenvalue weighted by Crippen LogP contribution is 2.27. The molecule has 9 nitrogen and oxygen atoms in total. The highest BCUT2D eigenvalue weighted by Gasteiger charge is 2.39. The number of likely N-dealkylation sites (N-methyl/N-ethyl adjacent to an activating group) is 1. The van der Waals surface area contributed by atoms with Gasteiger partial charge in [-0.05, 0) is 55.7 Å². The van der Waals surface area contributed by atoms with Crippen LogP contribution >= 0.6 is 0 Å². The van der Waals surface area contributed by atoms with Crippen LogP contribution < -0.4 is 10.6 Å². The van der Waals surface area contributed by atoms with Crippen molar-refractivity contribution in [1.29, 1.82) is 0 Å². The molecule has 0 unspecified atom stereocenters. The number of carbonyl (C=O) groups is 3. The lowest BCUT2D eigenvalue weighted by atomic mass is 9.95. The van der Waals surface area contributed by atoms with Crippen LogP contribution in [0.1, 0.15) is 31.9 Å². The number of sulfonamides is 1. The average Bonchev–Trinajstić information content (AvgIpc) is 2.82. The number of hydrogen-bond acceptors (Lipinski definition) is 5. The van der Waals surface area contributed by atoms with Gasteiger partial charge in [-0.2, -0.15) is 4.31 Å². The highest BCUT2D eigenvalue weighted by molar-refractivity contribution is 7.89. The summed E-state index contributed by atoms with van der Waals surface area (Å²) in [6.45, 7) is 4.90. The summed E-state index contributed by atoms with van der Waals surface area (Å²) in [6, 6.07) is 13.2. The molecule has 0 radical (unpaired) electrons. The number of nitrogens with one attached hydrogen (secondary N) is 2. The second-order valence-electron chi connectivity index (χ2n) is 8.09. The summed E-state index contributed by atoms with van der Waals surface area (Å²) in [5.41, 5.74) is 2.94. The summed E-state index contributed by atoms with van der Waals surface area (Å²) in [5.74, 6) is -1.10. The van der Waals surface area contributed by atoms with Crippen LogP contribution in [0.4, 0.5) is 11.4 Å². The Kier molecular flexibility index (Phi) is 8.06. The molecule has 0 bridgehead atoms. The van der Waals surface area contributed by atoms with Crippen molar-refractivity contribution in [3.63, 3.8) is 0 Å². The fourth-order valence-corrected chi connectivity index (χ4v) is 5.16. The molecule has 0 aromatic heterocycles. The van der Waals surface area contributed by atoms with Gasteiger partial charge in [0.1, 0.15) is 6.04 Å². The Labute approximate surface area is 200 Å². The number of benzene rings is 2. The van der Waals surface area contributed by atoms with Crippen molar-refractivity contribution >= 4 is 39.1 Å². The molecule has 2 aromatic rings. The monoisotopic (exact) mass is 486 g/mol. The van der Waals surface area contributed by atoms with Crippen LogP contribution in [-0.4, -0.2) is 60.2 Å². The van der Waals surface area contributed by atoms with Crippen LogP contribution in [0.25, 0.3) is 0 Å². The van der Waals surface area contributed by atoms with Crippen molar-refractivity contribution in [1.82, 2.24) is 9.21 Å². The van der Waals surface area contributed by atoms with Gasteiger partial charge in [0.2, 0.25) is 27.7 Å². The maximum absolute atomic E-state index is 13.4. The van der Waals surface area contributed by atoms with Crippen molar-refractivity contribution in [3.8, 4) is 0 Å². The lowest BCUT2D eigenvalue weighted by Gasteiger charge is -2.37. The van der Waals surface area contributed by atoms with Crippen molar-refractivity contribution in [3.05, 3.63) is 59.7 Å². The second-order valence-corrected chi connectivity index (χ2v) is 10.3. The Balaban J connectivity index is 1.74. The van der Waals surface area contributed by atoms with E-state index in [9.17, 15) is 22.8 Å². The van der Waals surface area contributed by atoms with Gasteiger partial charge in [0.05, 0.1) is 12.3 Å².